The molecule has 0 saturated carbocycles. The molecule has 7 nitrogen and oxygen atoms in total. The van der Waals surface area contributed by atoms with E-state index >= 15 is 0 Å². The van der Waals surface area contributed by atoms with Gasteiger partial charge in [0.25, 0.3) is 0 Å². The highest BCUT2D eigenvalue weighted by atomic mass is 19.1. The predicted octanol–water partition coefficient (Wildman–Crippen LogP) is -1.56. The van der Waals surface area contributed by atoms with Gasteiger partial charge < -0.3 is 19.9 Å². The van der Waals surface area contributed by atoms with Crippen LogP contribution in [0.3, 0.4) is 0 Å². The zero-order valence-corrected chi connectivity index (χ0v) is 15.7. The zero-order valence-electron chi connectivity index (χ0n) is 15.7. The number of aliphatic carboxylic acids is 2. The summed E-state index contributed by atoms with van der Waals surface area (Å²) in [5, 5.41) is 16.3. The Morgan fingerprint density at radius 2 is 1.81 bits per heavy atom. The fourth-order valence-corrected chi connectivity index (χ4v) is 3.61. The molecule has 0 atom stereocenters. The second kappa shape index (κ2) is 10.3. The first-order valence-electron chi connectivity index (χ1n) is 9.31. The standard InChI is InChI=1S/C17H26FN3.C2H2O4/c1-19-9-11-21(12-10-19)17-5-7-20(8-6-17)14-15-3-2-4-16(18)13-15;3-1(4)2(5)6/h2-4,13,17H,5-12,14H2,1H3;(H,3,4)(H,5,6). The third-order valence-corrected chi connectivity index (χ3v) is 5.19. The van der Waals surface area contributed by atoms with Gasteiger partial charge in [-0.25, -0.2) is 9.18 Å². The molecule has 2 aliphatic heterocycles. The molecule has 0 bridgehead atoms. The fraction of sp³-hybridized carbons (Fsp3) is 0.579. The van der Waals surface area contributed by atoms with Crippen LogP contribution in [0.4, 0.5) is 4.39 Å². The van der Waals surface area contributed by atoms with Gasteiger partial charge in [0.2, 0.25) is 0 Å². The van der Waals surface area contributed by atoms with Gasteiger partial charge in [0.15, 0.2) is 5.97 Å². The van der Waals surface area contributed by atoms with E-state index in [1.165, 1.54) is 45.1 Å². The van der Waals surface area contributed by atoms with Crippen molar-refractivity contribution in [1.29, 1.82) is 0 Å². The Morgan fingerprint density at radius 1 is 1.22 bits per heavy atom. The zero-order chi connectivity index (χ0) is 19.8. The van der Waals surface area contributed by atoms with Crippen molar-refractivity contribution >= 4 is 11.9 Å². The van der Waals surface area contributed by atoms with E-state index in [-0.39, 0.29) is 5.82 Å². The van der Waals surface area contributed by atoms with Crippen molar-refractivity contribution in [3.63, 3.8) is 0 Å². The van der Waals surface area contributed by atoms with Crippen molar-refractivity contribution in [3.05, 3.63) is 35.6 Å². The molecular weight excluding hydrogens is 353 g/mol. The maximum absolute atomic E-state index is 13.2. The van der Waals surface area contributed by atoms with Crippen LogP contribution < -0.4 is 10.0 Å². The second-order valence-electron chi connectivity index (χ2n) is 7.22. The molecule has 0 spiro atoms. The Labute approximate surface area is 159 Å². The summed E-state index contributed by atoms with van der Waals surface area (Å²) in [7, 11) is 2.29. The number of hydrogen-bond donors (Lipinski definition) is 2. The number of nitrogens with one attached hydrogen (secondary N) is 1. The van der Waals surface area contributed by atoms with Gasteiger partial charge in [-0.1, -0.05) is 12.1 Å². The van der Waals surface area contributed by atoms with Crippen LogP contribution >= 0.6 is 0 Å². The first-order valence-corrected chi connectivity index (χ1v) is 9.31. The molecule has 1 aromatic carbocycles. The highest BCUT2D eigenvalue weighted by molar-refractivity contribution is 6.26. The SMILES string of the molecule is C[NH+]1CCN(C2CCN(Cc3cccc(F)c3)CC2)CC1.O=C([O-])C(=O)O. The molecule has 0 aliphatic carbocycles. The average molecular weight is 381 g/mol. The number of halogens is 1. The quantitative estimate of drug-likeness (QED) is 0.616. The van der Waals surface area contributed by atoms with E-state index in [0.29, 0.717) is 0 Å². The van der Waals surface area contributed by atoms with E-state index in [2.05, 4.69) is 16.8 Å². The lowest BCUT2D eigenvalue weighted by Gasteiger charge is -2.40. The largest absolute Gasteiger partial charge is 0.539 e. The molecule has 1 aromatic rings. The van der Waals surface area contributed by atoms with Crippen molar-refractivity contribution in [1.82, 2.24) is 9.80 Å². The molecule has 0 amide bonds. The van der Waals surface area contributed by atoms with Gasteiger partial charge >= 0.3 is 5.97 Å². The number of piperazine rings is 1. The third kappa shape index (κ3) is 7.24. The maximum Gasteiger partial charge on any atom is 0.351 e. The van der Waals surface area contributed by atoms with E-state index in [9.17, 15) is 4.39 Å². The van der Waals surface area contributed by atoms with Crippen molar-refractivity contribution in [2.24, 2.45) is 0 Å². The van der Waals surface area contributed by atoms with E-state index < -0.39 is 11.9 Å². The monoisotopic (exact) mass is 381 g/mol. The molecule has 3 rings (SSSR count). The molecule has 2 aliphatic rings. The summed E-state index contributed by atoms with van der Waals surface area (Å²) < 4.78 is 13.2. The minimum absolute atomic E-state index is 0.123. The highest BCUT2D eigenvalue weighted by Crippen LogP contribution is 2.18. The number of likely N-dealkylation sites (N-methyl/N-ethyl adjacent to an activating group) is 1. The molecule has 0 aromatic heterocycles. The van der Waals surface area contributed by atoms with Gasteiger partial charge in [-0.05, 0) is 43.6 Å². The summed E-state index contributed by atoms with van der Waals surface area (Å²) in [4.78, 5) is 24.8. The van der Waals surface area contributed by atoms with Crippen LogP contribution in [0.15, 0.2) is 24.3 Å². The summed E-state index contributed by atoms with van der Waals surface area (Å²) >= 11 is 0. The number of carboxylic acid groups (broad SMARTS) is 2. The summed E-state index contributed by atoms with van der Waals surface area (Å²) in [6.45, 7) is 8.23. The minimum Gasteiger partial charge on any atom is -0.539 e. The van der Waals surface area contributed by atoms with Crippen LogP contribution in [0.1, 0.15) is 18.4 Å². The molecule has 8 heteroatoms. The van der Waals surface area contributed by atoms with Gasteiger partial charge in [0.1, 0.15) is 5.82 Å². The van der Waals surface area contributed by atoms with Gasteiger partial charge in [-0.3, -0.25) is 9.80 Å². The Bertz CT molecular complexity index is 615. The number of rotatable bonds is 3. The number of piperidine rings is 1. The number of carboxylic acids is 2. The number of hydrogen-bond acceptors (Lipinski definition) is 5. The topological polar surface area (TPSA) is 88.4 Å². The van der Waals surface area contributed by atoms with Crippen molar-refractivity contribution in [2.75, 3.05) is 46.3 Å². The Balaban J connectivity index is 0.000000380. The van der Waals surface area contributed by atoms with Gasteiger partial charge in [0.05, 0.1) is 20.1 Å². The summed E-state index contributed by atoms with van der Waals surface area (Å²) in [6.07, 6.45) is 2.52. The number of carbonyl (C=O) groups is 2. The lowest BCUT2D eigenvalue weighted by molar-refractivity contribution is -0.884. The highest BCUT2D eigenvalue weighted by Gasteiger charge is 2.27. The molecule has 2 saturated heterocycles. The summed E-state index contributed by atoms with van der Waals surface area (Å²) in [6, 6.07) is 7.78. The van der Waals surface area contributed by atoms with Crippen LogP contribution in [-0.4, -0.2) is 79.2 Å². The third-order valence-electron chi connectivity index (χ3n) is 5.19. The van der Waals surface area contributed by atoms with E-state index in [0.717, 1.165) is 31.2 Å². The summed E-state index contributed by atoms with van der Waals surface area (Å²) in [5.74, 6) is -4.13. The van der Waals surface area contributed by atoms with E-state index in [4.69, 9.17) is 19.8 Å². The first kappa shape index (κ1) is 21.3. The van der Waals surface area contributed by atoms with Crippen LogP contribution in [0.25, 0.3) is 0 Å². The normalized spacial score (nSPS) is 19.9. The van der Waals surface area contributed by atoms with Gasteiger partial charge in [-0.15, -0.1) is 0 Å². The second-order valence-corrected chi connectivity index (χ2v) is 7.22. The number of likely N-dealkylation sites (tertiary alicyclic amines) is 1. The number of benzene rings is 1. The van der Waals surface area contributed by atoms with Crippen LogP contribution in [0.2, 0.25) is 0 Å². The van der Waals surface area contributed by atoms with Crippen molar-refractivity contribution in [3.8, 4) is 0 Å². The van der Waals surface area contributed by atoms with Crippen molar-refractivity contribution < 1.29 is 29.1 Å². The Hall–Kier alpha value is -2.03. The lowest BCUT2D eigenvalue weighted by atomic mass is 10.0. The predicted molar refractivity (Wildman–Crippen MR) is 95.5 cm³/mol. The van der Waals surface area contributed by atoms with Crippen molar-refractivity contribution in [2.45, 2.75) is 25.4 Å². The van der Waals surface area contributed by atoms with Crippen LogP contribution in [0.5, 0.6) is 0 Å². The van der Waals surface area contributed by atoms with Gasteiger partial charge in [-0.2, -0.15) is 0 Å². The fourth-order valence-electron chi connectivity index (χ4n) is 3.61. The Morgan fingerprint density at radius 3 is 2.33 bits per heavy atom. The molecule has 0 unspecified atom stereocenters. The molecular formula is C19H28FN3O4. The van der Waals surface area contributed by atoms with E-state index in [1.54, 1.807) is 11.0 Å². The number of carbonyl (C=O) groups excluding carboxylic acids is 1. The lowest BCUT2D eigenvalue weighted by Crippen LogP contribution is -3.12. The van der Waals surface area contributed by atoms with Crippen LogP contribution in [-0.2, 0) is 16.1 Å². The molecule has 27 heavy (non-hydrogen) atoms. The molecule has 2 heterocycles. The Kier molecular flexibility index (Phi) is 8.15. The average Bonchev–Trinajstić information content (AvgIpc) is 2.64. The van der Waals surface area contributed by atoms with Gasteiger partial charge in [0, 0.05) is 25.7 Å². The molecule has 0 radical (unpaired) electrons. The molecule has 2 N–H and O–H groups in total. The molecule has 2 fully saturated rings. The first-order chi connectivity index (χ1) is 12.8. The number of nitrogens with zero attached hydrogens (tertiary/aromatic N) is 2. The maximum atomic E-state index is 13.2. The number of quaternary nitrogens is 1. The summed E-state index contributed by atoms with van der Waals surface area (Å²) in [5.41, 5.74) is 1.09. The molecule has 150 valence electrons. The van der Waals surface area contributed by atoms with Crippen LogP contribution in [0, 0.1) is 5.82 Å². The smallest absolute Gasteiger partial charge is 0.351 e. The van der Waals surface area contributed by atoms with E-state index in [1.807, 2.05) is 12.1 Å². The minimum atomic E-state index is -2.07.